The van der Waals surface area contributed by atoms with Crippen LogP contribution in [-0.2, 0) is 0 Å². The Morgan fingerprint density at radius 1 is 0.614 bits per heavy atom. The highest BCUT2D eigenvalue weighted by Gasteiger charge is 2.40. The molecule has 3 atom stereocenters. The van der Waals surface area contributed by atoms with Gasteiger partial charge in [0, 0.05) is 44.1 Å². The maximum absolute atomic E-state index is 5.55. The molecule has 0 fully saturated rings. The van der Waals surface area contributed by atoms with Gasteiger partial charge in [0.25, 0.3) is 0 Å². The van der Waals surface area contributed by atoms with Crippen molar-refractivity contribution >= 4 is 66.9 Å². The summed E-state index contributed by atoms with van der Waals surface area (Å²) in [7, 11) is 0. The summed E-state index contributed by atoms with van der Waals surface area (Å²) in [5.74, 6) is 1.33. The van der Waals surface area contributed by atoms with Crippen molar-refractivity contribution in [2.24, 2.45) is 10.9 Å². The standard InChI is InChI=1S/C52H42N4S/c1-3-14-33(15-4-1)35-18-13-19-38(30-35)55-44-23-10-7-20-39(44)41-28-26-37(32-47(41)55)36-27-29-46-43(31-36)40-21-8-11-24-45(40)56(46)52-50-49(42-22-9-12-25-48(42)57-50)53-51(54-52)34-16-5-2-6-17-34/h2,5-12,14,16-18,20-32,42,48,51,53H,1,3-4,13,15,19H2. The van der Waals surface area contributed by atoms with Gasteiger partial charge in [0.2, 0.25) is 0 Å². The monoisotopic (exact) mass is 754 g/mol. The number of benzene rings is 5. The van der Waals surface area contributed by atoms with E-state index in [2.05, 4.69) is 172 Å². The van der Waals surface area contributed by atoms with E-state index in [1.165, 1.54) is 113 Å². The van der Waals surface area contributed by atoms with Crippen LogP contribution in [0.2, 0.25) is 0 Å². The number of thioether (sulfide) groups is 1. The van der Waals surface area contributed by atoms with Crippen LogP contribution in [0.4, 0.5) is 0 Å². The molecule has 4 heterocycles. The number of nitrogens with one attached hydrogen (secondary N) is 1. The molecule has 57 heavy (non-hydrogen) atoms. The Kier molecular flexibility index (Phi) is 7.72. The summed E-state index contributed by atoms with van der Waals surface area (Å²) in [5, 5.41) is 9.34. The summed E-state index contributed by atoms with van der Waals surface area (Å²) in [6.45, 7) is 0. The molecule has 5 aliphatic rings. The first kappa shape index (κ1) is 33.1. The van der Waals surface area contributed by atoms with Crippen LogP contribution in [0.15, 0.2) is 185 Å². The van der Waals surface area contributed by atoms with Crippen LogP contribution >= 0.6 is 11.8 Å². The molecule has 12 rings (SSSR count). The SMILES string of the molecule is C1=CC2SC3=C(NC(c4ccccc4)N=C3n3c4ccccc4c4cc(-c5ccc6c7ccccc7n(C7=CC(C8=CCCCC8)=CCC7)c6c5)ccc43)C2C=C1. The second-order valence-corrected chi connectivity index (χ2v) is 17.2. The predicted molar refractivity (Wildman–Crippen MR) is 241 cm³/mol. The lowest BCUT2D eigenvalue weighted by Gasteiger charge is -2.28. The van der Waals surface area contributed by atoms with Gasteiger partial charge in [-0.25, -0.2) is 4.99 Å². The quantitative estimate of drug-likeness (QED) is 0.194. The number of aromatic nitrogens is 2. The van der Waals surface area contributed by atoms with Gasteiger partial charge in [-0.3, -0.25) is 4.57 Å². The van der Waals surface area contributed by atoms with Crippen LogP contribution in [-0.4, -0.2) is 20.2 Å². The van der Waals surface area contributed by atoms with Crippen LogP contribution < -0.4 is 5.32 Å². The Balaban J connectivity index is 1.02. The highest BCUT2D eigenvalue weighted by atomic mass is 32.2. The number of hydrogen-bond acceptors (Lipinski definition) is 3. The molecule has 3 unspecified atom stereocenters. The van der Waals surface area contributed by atoms with E-state index in [1.54, 1.807) is 0 Å². The second kappa shape index (κ2) is 13.3. The van der Waals surface area contributed by atoms with Gasteiger partial charge in [-0.1, -0.05) is 121 Å². The normalized spacial score (nSPS) is 21.7. The number of rotatable bonds is 4. The van der Waals surface area contributed by atoms with Crippen LogP contribution in [0.3, 0.4) is 0 Å². The third-order valence-corrected chi connectivity index (χ3v) is 14.1. The van der Waals surface area contributed by atoms with Crippen molar-refractivity contribution in [1.82, 2.24) is 14.5 Å². The molecule has 4 nitrogen and oxygen atoms in total. The van der Waals surface area contributed by atoms with Gasteiger partial charge in [-0.05, 0) is 103 Å². The van der Waals surface area contributed by atoms with E-state index < -0.39 is 0 Å². The number of hydrogen-bond donors (Lipinski definition) is 1. The number of nitrogens with zero attached hydrogens (tertiary/aromatic N) is 3. The molecule has 7 aromatic rings. The Morgan fingerprint density at radius 3 is 2.21 bits per heavy atom. The van der Waals surface area contributed by atoms with Gasteiger partial charge in [-0.2, -0.15) is 0 Å². The van der Waals surface area contributed by atoms with Gasteiger partial charge in [0.05, 0.1) is 27.0 Å². The zero-order valence-corrected chi connectivity index (χ0v) is 32.6. The molecule has 3 aliphatic carbocycles. The summed E-state index contributed by atoms with van der Waals surface area (Å²) in [5.41, 5.74) is 14.2. The second-order valence-electron chi connectivity index (χ2n) is 16.0. The fraction of sp³-hybridized carbons (Fsp3) is 0.173. The van der Waals surface area contributed by atoms with Crippen molar-refractivity contribution < 1.29 is 0 Å². The summed E-state index contributed by atoms with van der Waals surface area (Å²) in [4.78, 5) is 6.79. The van der Waals surface area contributed by atoms with Gasteiger partial charge in [0.1, 0.15) is 6.17 Å². The van der Waals surface area contributed by atoms with E-state index in [0.29, 0.717) is 11.2 Å². The number of para-hydroxylation sites is 2. The largest absolute Gasteiger partial charge is 0.362 e. The minimum Gasteiger partial charge on any atom is -0.362 e. The van der Waals surface area contributed by atoms with Crippen LogP contribution in [0.1, 0.15) is 50.3 Å². The third kappa shape index (κ3) is 5.32. The molecular formula is C52H42N4S. The van der Waals surface area contributed by atoms with Crippen molar-refractivity contribution in [1.29, 1.82) is 0 Å². The highest BCUT2D eigenvalue weighted by Crippen LogP contribution is 2.49. The Morgan fingerprint density at radius 2 is 1.35 bits per heavy atom. The molecule has 0 radical (unpaired) electrons. The summed E-state index contributed by atoms with van der Waals surface area (Å²) in [6, 6.07) is 42.7. The summed E-state index contributed by atoms with van der Waals surface area (Å²) in [6.07, 6.45) is 23.4. The maximum Gasteiger partial charge on any atom is 0.150 e. The maximum atomic E-state index is 5.55. The van der Waals surface area contributed by atoms with Crippen molar-refractivity contribution in [2.45, 2.75) is 49.9 Å². The zero-order valence-electron chi connectivity index (χ0n) is 31.7. The molecule has 0 saturated carbocycles. The molecule has 2 aliphatic heterocycles. The van der Waals surface area contributed by atoms with E-state index >= 15 is 0 Å². The lowest BCUT2D eigenvalue weighted by Crippen LogP contribution is -2.32. The Labute approximate surface area is 337 Å². The van der Waals surface area contributed by atoms with Gasteiger partial charge in [0.15, 0.2) is 5.84 Å². The molecule has 2 aromatic heterocycles. The molecule has 0 saturated heterocycles. The van der Waals surface area contributed by atoms with Crippen LogP contribution in [0, 0.1) is 5.92 Å². The number of fused-ring (bicyclic) bond motifs is 8. The average molecular weight is 755 g/mol. The molecule has 0 amide bonds. The number of aliphatic imine (C=N–C) groups is 1. The highest BCUT2D eigenvalue weighted by molar-refractivity contribution is 8.05. The molecular weight excluding hydrogens is 713 g/mol. The molecule has 0 spiro atoms. The van der Waals surface area contributed by atoms with Crippen molar-refractivity contribution in [3.8, 4) is 11.1 Å². The van der Waals surface area contributed by atoms with Crippen LogP contribution in [0.5, 0.6) is 0 Å². The molecule has 0 bridgehead atoms. The van der Waals surface area contributed by atoms with E-state index in [1.807, 2.05) is 11.8 Å². The molecule has 276 valence electrons. The first-order chi connectivity index (χ1) is 28.3. The minimum atomic E-state index is -0.169. The van der Waals surface area contributed by atoms with E-state index in [-0.39, 0.29) is 6.17 Å². The zero-order chi connectivity index (χ0) is 37.5. The lowest BCUT2D eigenvalue weighted by molar-refractivity contribution is 0.565. The minimum absolute atomic E-state index is 0.169. The van der Waals surface area contributed by atoms with E-state index in [9.17, 15) is 0 Å². The smallest absolute Gasteiger partial charge is 0.150 e. The topological polar surface area (TPSA) is 34.2 Å². The fourth-order valence-corrected chi connectivity index (χ4v) is 11.4. The Bertz CT molecular complexity index is 3030. The predicted octanol–water partition coefficient (Wildman–Crippen LogP) is 13.2. The van der Waals surface area contributed by atoms with E-state index in [0.717, 1.165) is 18.7 Å². The van der Waals surface area contributed by atoms with E-state index in [4.69, 9.17) is 4.99 Å². The van der Waals surface area contributed by atoms with Crippen molar-refractivity contribution in [3.63, 3.8) is 0 Å². The third-order valence-electron chi connectivity index (χ3n) is 12.7. The first-order valence-corrected chi connectivity index (χ1v) is 21.5. The molecule has 5 aromatic carbocycles. The summed E-state index contributed by atoms with van der Waals surface area (Å²) >= 11 is 1.94. The van der Waals surface area contributed by atoms with Crippen molar-refractivity contribution in [3.05, 3.63) is 185 Å². The molecule has 1 N–H and O–H groups in total. The number of allylic oxidation sites excluding steroid dienone is 10. The first-order valence-electron chi connectivity index (χ1n) is 20.6. The average Bonchev–Trinajstić information content (AvgIpc) is 3.94. The van der Waals surface area contributed by atoms with Gasteiger partial charge >= 0.3 is 0 Å². The molecule has 5 heteroatoms. The van der Waals surface area contributed by atoms with Crippen molar-refractivity contribution in [2.75, 3.05) is 0 Å². The van der Waals surface area contributed by atoms with Crippen LogP contribution in [0.25, 0.3) is 60.4 Å². The lowest BCUT2D eigenvalue weighted by atomic mass is 9.90. The Hall–Kier alpha value is -6.04. The van der Waals surface area contributed by atoms with Gasteiger partial charge in [-0.15, -0.1) is 11.8 Å². The summed E-state index contributed by atoms with van der Waals surface area (Å²) < 4.78 is 4.99. The van der Waals surface area contributed by atoms with Gasteiger partial charge < -0.3 is 9.88 Å². The fourth-order valence-electron chi connectivity index (χ4n) is 9.99.